The molecule has 0 aliphatic rings. The standard InChI is InChI=1S/C17H12BrNO3/c1-10(20)11-3-2-4-14(7-11)19-17(21)16-8-12-5-6-13(18)9-15(12)22-16/h2-9H,1H3,(H,19,21). The average Bonchev–Trinajstić information content (AvgIpc) is 2.90. The van der Waals surface area contributed by atoms with Crippen LogP contribution in [0.1, 0.15) is 27.8 Å². The second kappa shape index (κ2) is 5.77. The topological polar surface area (TPSA) is 59.3 Å². The normalized spacial score (nSPS) is 10.6. The van der Waals surface area contributed by atoms with Crippen molar-refractivity contribution in [2.24, 2.45) is 0 Å². The summed E-state index contributed by atoms with van der Waals surface area (Å²) in [5, 5.41) is 3.59. The smallest absolute Gasteiger partial charge is 0.291 e. The molecule has 22 heavy (non-hydrogen) atoms. The highest BCUT2D eigenvalue weighted by molar-refractivity contribution is 9.10. The molecule has 0 saturated carbocycles. The number of amides is 1. The van der Waals surface area contributed by atoms with Crippen LogP contribution in [0, 0.1) is 0 Å². The predicted octanol–water partition coefficient (Wildman–Crippen LogP) is 4.65. The number of hydrogen-bond acceptors (Lipinski definition) is 3. The van der Waals surface area contributed by atoms with Gasteiger partial charge in [-0.15, -0.1) is 0 Å². The summed E-state index contributed by atoms with van der Waals surface area (Å²) in [4.78, 5) is 23.6. The number of anilines is 1. The van der Waals surface area contributed by atoms with E-state index in [1.165, 1.54) is 6.92 Å². The van der Waals surface area contributed by atoms with E-state index < -0.39 is 0 Å². The van der Waals surface area contributed by atoms with Gasteiger partial charge in [0.2, 0.25) is 0 Å². The molecule has 0 spiro atoms. The zero-order valence-electron chi connectivity index (χ0n) is 11.7. The van der Waals surface area contributed by atoms with Crippen LogP contribution in [-0.4, -0.2) is 11.7 Å². The van der Waals surface area contributed by atoms with E-state index in [4.69, 9.17) is 4.42 Å². The molecule has 1 N–H and O–H groups in total. The van der Waals surface area contributed by atoms with Crippen molar-refractivity contribution in [2.45, 2.75) is 6.92 Å². The van der Waals surface area contributed by atoms with E-state index in [0.29, 0.717) is 16.8 Å². The van der Waals surface area contributed by atoms with Crippen LogP contribution in [0.4, 0.5) is 5.69 Å². The van der Waals surface area contributed by atoms with Gasteiger partial charge >= 0.3 is 0 Å². The lowest BCUT2D eigenvalue weighted by Gasteiger charge is -2.04. The van der Waals surface area contributed by atoms with Crippen molar-refractivity contribution in [2.75, 3.05) is 5.32 Å². The molecule has 0 aliphatic heterocycles. The van der Waals surface area contributed by atoms with Crippen molar-refractivity contribution in [1.29, 1.82) is 0 Å². The lowest BCUT2D eigenvalue weighted by molar-refractivity contribution is 0.0993. The molecule has 3 rings (SSSR count). The SMILES string of the molecule is CC(=O)c1cccc(NC(=O)c2cc3ccc(Br)cc3o2)c1. The summed E-state index contributed by atoms with van der Waals surface area (Å²) < 4.78 is 6.44. The zero-order valence-corrected chi connectivity index (χ0v) is 13.3. The Morgan fingerprint density at radius 2 is 1.91 bits per heavy atom. The van der Waals surface area contributed by atoms with Gasteiger partial charge in [0.05, 0.1) is 0 Å². The molecule has 0 aliphatic carbocycles. The summed E-state index contributed by atoms with van der Waals surface area (Å²) in [7, 11) is 0. The van der Waals surface area contributed by atoms with Crippen LogP contribution in [-0.2, 0) is 0 Å². The number of carbonyl (C=O) groups is 2. The van der Waals surface area contributed by atoms with E-state index >= 15 is 0 Å². The van der Waals surface area contributed by atoms with E-state index in [9.17, 15) is 9.59 Å². The highest BCUT2D eigenvalue weighted by atomic mass is 79.9. The maximum absolute atomic E-state index is 12.2. The van der Waals surface area contributed by atoms with E-state index in [2.05, 4.69) is 21.2 Å². The van der Waals surface area contributed by atoms with E-state index in [1.807, 2.05) is 18.2 Å². The summed E-state index contributed by atoms with van der Waals surface area (Å²) in [6.45, 7) is 1.48. The molecular formula is C17H12BrNO3. The summed E-state index contributed by atoms with van der Waals surface area (Å²) in [5.41, 5.74) is 1.74. The van der Waals surface area contributed by atoms with Crippen molar-refractivity contribution in [3.05, 3.63) is 64.3 Å². The second-order valence-electron chi connectivity index (χ2n) is 4.88. The quantitative estimate of drug-likeness (QED) is 0.694. The molecule has 0 radical (unpaired) electrons. The van der Waals surface area contributed by atoms with Crippen molar-refractivity contribution in [1.82, 2.24) is 0 Å². The number of fused-ring (bicyclic) bond motifs is 1. The van der Waals surface area contributed by atoms with Gasteiger partial charge in [-0.25, -0.2) is 0 Å². The minimum Gasteiger partial charge on any atom is -0.451 e. The van der Waals surface area contributed by atoms with Crippen molar-refractivity contribution in [3.63, 3.8) is 0 Å². The predicted molar refractivity (Wildman–Crippen MR) is 88.3 cm³/mol. The van der Waals surface area contributed by atoms with Crippen molar-refractivity contribution >= 4 is 44.3 Å². The fourth-order valence-corrected chi connectivity index (χ4v) is 2.47. The van der Waals surface area contributed by atoms with Gasteiger partial charge in [0.15, 0.2) is 11.5 Å². The summed E-state index contributed by atoms with van der Waals surface area (Å²) in [5.74, 6) is -0.181. The van der Waals surface area contributed by atoms with Gasteiger partial charge < -0.3 is 9.73 Å². The maximum Gasteiger partial charge on any atom is 0.291 e. The molecule has 110 valence electrons. The number of Topliss-reactive ketones (excluding diaryl/α,β-unsaturated/α-hetero) is 1. The minimum absolute atomic E-state index is 0.0512. The van der Waals surface area contributed by atoms with Gasteiger partial charge in [0, 0.05) is 21.1 Å². The van der Waals surface area contributed by atoms with E-state index in [1.54, 1.807) is 30.3 Å². The molecule has 1 heterocycles. The lowest BCUT2D eigenvalue weighted by atomic mass is 10.1. The van der Waals surface area contributed by atoms with Crippen molar-refractivity contribution in [3.8, 4) is 0 Å². The molecule has 5 heteroatoms. The molecule has 4 nitrogen and oxygen atoms in total. The molecule has 0 unspecified atom stereocenters. The lowest BCUT2D eigenvalue weighted by Crippen LogP contribution is -2.11. The van der Waals surface area contributed by atoms with Gasteiger partial charge in [-0.3, -0.25) is 9.59 Å². The van der Waals surface area contributed by atoms with Gasteiger partial charge in [0.25, 0.3) is 5.91 Å². The van der Waals surface area contributed by atoms with Crippen LogP contribution in [0.2, 0.25) is 0 Å². The van der Waals surface area contributed by atoms with Crippen LogP contribution >= 0.6 is 15.9 Å². The molecule has 0 fully saturated rings. The Hall–Kier alpha value is -2.40. The minimum atomic E-state index is -0.354. The van der Waals surface area contributed by atoms with Crippen LogP contribution in [0.15, 0.2) is 57.4 Å². The maximum atomic E-state index is 12.2. The number of halogens is 1. The first-order valence-corrected chi connectivity index (χ1v) is 7.44. The summed E-state index contributed by atoms with van der Waals surface area (Å²) in [6, 6.07) is 14.0. The van der Waals surface area contributed by atoms with Gasteiger partial charge in [-0.1, -0.05) is 28.1 Å². The van der Waals surface area contributed by atoms with Gasteiger partial charge in [0.1, 0.15) is 5.58 Å². The highest BCUT2D eigenvalue weighted by Gasteiger charge is 2.13. The number of nitrogens with one attached hydrogen (secondary N) is 1. The Morgan fingerprint density at radius 3 is 2.68 bits per heavy atom. The first-order valence-electron chi connectivity index (χ1n) is 6.64. The van der Waals surface area contributed by atoms with Crippen LogP contribution in [0.5, 0.6) is 0 Å². The molecule has 0 saturated heterocycles. The number of rotatable bonds is 3. The third-order valence-electron chi connectivity index (χ3n) is 3.23. The Kier molecular flexibility index (Phi) is 3.81. The molecule has 1 aromatic heterocycles. The molecule has 3 aromatic rings. The van der Waals surface area contributed by atoms with Crippen LogP contribution in [0.3, 0.4) is 0 Å². The molecular weight excluding hydrogens is 346 g/mol. The van der Waals surface area contributed by atoms with E-state index in [0.717, 1.165) is 9.86 Å². The first-order chi connectivity index (χ1) is 10.5. The Morgan fingerprint density at radius 1 is 1.09 bits per heavy atom. The van der Waals surface area contributed by atoms with E-state index in [-0.39, 0.29) is 17.5 Å². The molecule has 0 atom stereocenters. The number of hydrogen-bond donors (Lipinski definition) is 1. The number of ketones is 1. The summed E-state index contributed by atoms with van der Waals surface area (Å²) >= 11 is 3.36. The Labute approximate surface area is 135 Å². The van der Waals surface area contributed by atoms with Crippen molar-refractivity contribution < 1.29 is 14.0 Å². The third kappa shape index (κ3) is 2.94. The molecule has 1 amide bonds. The molecule has 0 bridgehead atoms. The average molecular weight is 358 g/mol. The highest BCUT2D eigenvalue weighted by Crippen LogP contribution is 2.24. The van der Waals surface area contributed by atoms with Gasteiger partial charge in [-0.2, -0.15) is 0 Å². The van der Waals surface area contributed by atoms with Crippen LogP contribution < -0.4 is 5.32 Å². The number of benzene rings is 2. The zero-order chi connectivity index (χ0) is 15.7. The second-order valence-corrected chi connectivity index (χ2v) is 5.80. The number of furan rings is 1. The van der Waals surface area contributed by atoms with Gasteiger partial charge in [-0.05, 0) is 43.3 Å². The summed E-state index contributed by atoms with van der Waals surface area (Å²) in [6.07, 6.45) is 0. The largest absolute Gasteiger partial charge is 0.451 e. The fourth-order valence-electron chi connectivity index (χ4n) is 2.13. The van der Waals surface area contributed by atoms with Crippen LogP contribution in [0.25, 0.3) is 11.0 Å². The fraction of sp³-hybridized carbons (Fsp3) is 0.0588. The monoisotopic (exact) mass is 357 g/mol. The Balaban J connectivity index is 1.86. The third-order valence-corrected chi connectivity index (χ3v) is 3.73. The first kappa shape index (κ1) is 14.5. The number of carbonyl (C=O) groups excluding carboxylic acids is 2. The molecule has 2 aromatic carbocycles. The Bertz CT molecular complexity index is 882.